The zero-order valence-electron chi connectivity index (χ0n) is 13.5. The smallest absolute Gasteiger partial charge is 0.161 e. The molecule has 0 unspecified atom stereocenters. The molecule has 1 saturated heterocycles. The third-order valence-corrected chi connectivity index (χ3v) is 5.39. The molecule has 0 bridgehead atoms. The molecule has 21 heavy (non-hydrogen) atoms. The number of hydrogen-bond donors (Lipinski definition) is 0. The van der Waals surface area contributed by atoms with Crippen molar-refractivity contribution in [1.82, 2.24) is 4.90 Å². The Hall–Kier alpha value is -1.64. The van der Waals surface area contributed by atoms with E-state index >= 15 is 0 Å². The lowest BCUT2D eigenvalue weighted by Crippen LogP contribution is -2.36. The molecule has 3 nitrogen and oxygen atoms in total. The van der Waals surface area contributed by atoms with Crippen molar-refractivity contribution in [2.45, 2.75) is 31.6 Å². The zero-order chi connectivity index (χ0) is 15.0. The fourth-order valence-corrected chi connectivity index (χ4v) is 4.18. The van der Waals surface area contributed by atoms with Gasteiger partial charge in [-0.3, -0.25) is 0 Å². The normalized spacial score (nSPS) is 28.1. The van der Waals surface area contributed by atoms with Gasteiger partial charge < -0.3 is 14.4 Å². The van der Waals surface area contributed by atoms with Crippen LogP contribution in [-0.4, -0.2) is 32.7 Å². The van der Waals surface area contributed by atoms with Crippen molar-refractivity contribution in [2.75, 3.05) is 27.8 Å². The SMILES string of the molecule is COc1ccc([C@]23CCN(C)C2=CCC[C@@H]3C)cc1OC. The van der Waals surface area contributed by atoms with Gasteiger partial charge in [-0.25, -0.2) is 0 Å². The number of fused-ring (bicyclic) bond motifs is 1. The summed E-state index contributed by atoms with van der Waals surface area (Å²) in [4.78, 5) is 2.42. The van der Waals surface area contributed by atoms with Crippen LogP contribution in [0, 0.1) is 5.92 Å². The molecule has 0 radical (unpaired) electrons. The van der Waals surface area contributed by atoms with Gasteiger partial charge in [-0.1, -0.05) is 19.1 Å². The number of rotatable bonds is 3. The third-order valence-electron chi connectivity index (χ3n) is 5.39. The summed E-state index contributed by atoms with van der Waals surface area (Å²) in [6.07, 6.45) is 6.07. The highest BCUT2D eigenvalue weighted by atomic mass is 16.5. The summed E-state index contributed by atoms with van der Waals surface area (Å²) in [5.74, 6) is 2.29. The largest absolute Gasteiger partial charge is 0.493 e. The number of ether oxygens (including phenoxy) is 2. The van der Waals surface area contributed by atoms with Crippen LogP contribution < -0.4 is 9.47 Å². The van der Waals surface area contributed by atoms with Crippen LogP contribution in [0.1, 0.15) is 31.7 Å². The van der Waals surface area contributed by atoms with Crippen LogP contribution in [0.4, 0.5) is 0 Å². The van der Waals surface area contributed by atoms with Gasteiger partial charge in [0.25, 0.3) is 0 Å². The van der Waals surface area contributed by atoms with E-state index in [4.69, 9.17) is 9.47 Å². The Morgan fingerprint density at radius 3 is 2.67 bits per heavy atom. The molecule has 1 aromatic carbocycles. The molecular weight excluding hydrogens is 262 g/mol. The lowest BCUT2D eigenvalue weighted by Gasteiger charge is -2.41. The quantitative estimate of drug-likeness (QED) is 0.848. The number of methoxy groups -OCH3 is 2. The predicted molar refractivity (Wildman–Crippen MR) is 85.0 cm³/mol. The Morgan fingerprint density at radius 1 is 1.19 bits per heavy atom. The first-order valence-corrected chi connectivity index (χ1v) is 7.77. The molecule has 114 valence electrons. The number of benzene rings is 1. The van der Waals surface area contributed by atoms with Crippen molar-refractivity contribution in [2.24, 2.45) is 5.92 Å². The average Bonchev–Trinajstić information content (AvgIpc) is 2.86. The number of nitrogens with zero attached hydrogens (tertiary/aromatic N) is 1. The lowest BCUT2D eigenvalue weighted by atomic mass is 9.64. The molecule has 0 saturated carbocycles. The standard InChI is InChI=1S/C18H25NO2/c1-13-6-5-7-17-18(13,10-11-19(17)2)14-8-9-15(20-3)16(12-14)21-4/h7-9,12-13H,5-6,10-11H2,1-4H3/t13-,18+/m0/s1. The fourth-order valence-electron chi connectivity index (χ4n) is 4.18. The molecule has 1 aliphatic heterocycles. The van der Waals surface area contributed by atoms with Crippen molar-refractivity contribution in [3.63, 3.8) is 0 Å². The Morgan fingerprint density at radius 2 is 1.95 bits per heavy atom. The molecule has 2 atom stereocenters. The van der Waals surface area contributed by atoms with E-state index in [0.717, 1.165) is 18.0 Å². The van der Waals surface area contributed by atoms with Crippen molar-refractivity contribution < 1.29 is 9.47 Å². The van der Waals surface area contributed by atoms with Crippen LogP contribution in [0.2, 0.25) is 0 Å². The van der Waals surface area contributed by atoms with Gasteiger partial charge >= 0.3 is 0 Å². The van der Waals surface area contributed by atoms with Gasteiger partial charge in [-0.05, 0) is 42.9 Å². The van der Waals surface area contributed by atoms with E-state index in [1.54, 1.807) is 14.2 Å². The summed E-state index contributed by atoms with van der Waals surface area (Å²) < 4.78 is 10.9. The third kappa shape index (κ3) is 2.02. The molecule has 0 spiro atoms. The molecule has 1 aliphatic carbocycles. The first kappa shape index (κ1) is 14.3. The fraction of sp³-hybridized carbons (Fsp3) is 0.556. The highest BCUT2D eigenvalue weighted by molar-refractivity contribution is 5.49. The molecule has 3 heteroatoms. The van der Waals surface area contributed by atoms with Crippen molar-refractivity contribution in [3.05, 3.63) is 35.5 Å². The predicted octanol–water partition coefficient (Wildman–Crippen LogP) is 3.59. The maximum absolute atomic E-state index is 5.52. The minimum atomic E-state index is 0.145. The van der Waals surface area contributed by atoms with Crippen molar-refractivity contribution >= 4 is 0 Å². The molecule has 0 N–H and O–H groups in total. The van der Waals surface area contributed by atoms with E-state index in [1.807, 2.05) is 6.07 Å². The molecule has 3 rings (SSSR count). The van der Waals surface area contributed by atoms with E-state index in [-0.39, 0.29) is 5.41 Å². The Bertz CT molecular complexity index is 566. The summed E-state index contributed by atoms with van der Waals surface area (Å²) in [7, 11) is 5.61. The minimum absolute atomic E-state index is 0.145. The van der Waals surface area contributed by atoms with Gasteiger partial charge in [-0.2, -0.15) is 0 Å². The van der Waals surface area contributed by atoms with Gasteiger partial charge in [0.15, 0.2) is 11.5 Å². The average molecular weight is 287 g/mol. The van der Waals surface area contributed by atoms with Crippen LogP contribution in [0.25, 0.3) is 0 Å². The Labute approximate surface area is 127 Å². The number of hydrogen-bond acceptors (Lipinski definition) is 3. The summed E-state index contributed by atoms with van der Waals surface area (Å²) in [5.41, 5.74) is 3.00. The van der Waals surface area contributed by atoms with Gasteiger partial charge in [0.05, 0.1) is 14.2 Å². The van der Waals surface area contributed by atoms with E-state index in [2.05, 4.69) is 37.1 Å². The van der Waals surface area contributed by atoms with E-state index in [9.17, 15) is 0 Å². The summed E-state index contributed by atoms with van der Waals surface area (Å²) in [5, 5.41) is 0. The molecule has 1 fully saturated rings. The monoisotopic (exact) mass is 287 g/mol. The minimum Gasteiger partial charge on any atom is -0.493 e. The molecule has 0 aromatic heterocycles. The number of likely N-dealkylation sites (N-methyl/N-ethyl adjacent to an activating group) is 1. The van der Waals surface area contributed by atoms with E-state index in [1.165, 1.54) is 30.5 Å². The first-order valence-electron chi connectivity index (χ1n) is 7.77. The maximum Gasteiger partial charge on any atom is 0.161 e. The molecule has 1 aromatic rings. The van der Waals surface area contributed by atoms with Crippen LogP contribution in [0.15, 0.2) is 30.0 Å². The first-order chi connectivity index (χ1) is 10.1. The number of likely N-dealkylation sites (tertiary alicyclic amines) is 1. The van der Waals surface area contributed by atoms with Crippen LogP contribution in [0.3, 0.4) is 0 Å². The summed E-state index contributed by atoms with van der Waals surface area (Å²) in [6, 6.07) is 6.43. The van der Waals surface area contributed by atoms with Crippen molar-refractivity contribution in [1.29, 1.82) is 0 Å². The Kier molecular flexibility index (Phi) is 3.60. The van der Waals surface area contributed by atoms with Gasteiger partial charge in [0.2, 0.25) is 0 Å². The summed E-state index contributed by atoms with van der Waals surface area (Å²) >= 11 is 0. The zero-order valence-corrected chi connectivity index (χ0v) is 13.5. The summed E-state index contributed by atoms with van der Waals surface area (Å²) in [6.45, 7) is 3.52. The van der Waals surface area contributed by atoms with E-state index in [0.29, 0.717) is 5.92 Å². The van der Waals surface area contributed by atoms with Crippen LogP contribution in [-0.2, 0) is 5.41 Å². The van der Waals surface area contributed by atoms with Crippen LogP contribution >= 0.6 is 0 Å². The second kappa shape index (κ2) is 5.28. The molecule has 0 amide bonds. The second-order valence-electron chi connectivity index (χ2n) is 6.28. The second-order valence-corrected chi connectivity index (χ2v) is 6.28. The topological polar surface area (TPSA) is 21.7 Å². The molecule has 2 aliphatic rings. The molecule has 1 heterocycles. The maximum atomic E-state index is 5.52. The highest BCUT2D eigenvalue weighted by Crippen LogP contribution is 2.52. The van der Waals surface area contributed by atoms with Crippen LogP contribution in [0.5, 0.6) is 11.5 Å². The highest BCUT2D eigenvalue weighted by Gasteiger charge is 2.48. The Balaban J connectivity index is 2.12. The van der Waals surface area contributed by atoms with Gasteiger partial charge in [0, 0.05) is 24.7 Å². The molecular formula is C18H25NO2. The van der Waals surface area contributed by atoms with Crippen molar-refractivity contribution in [3.8, 4) is 11.5 Å². The lowest BCUT2D eigenvalue weighted by molar-refractivity contribution is 0.299. The van der Waals surface area contributed by atoms with Gasteiger partial charge in [-0.15, -0.1) is 0 Å². The number of allylic oxidation sites excluding steroid dienone is 2. The van der Waals surface area contributed by atoms with E-state index < -0.39 is 0 Å². The van der Waals surface area contributed by atoms with Gasteiger partial charge in [0.1, 0.15) is 0 Å².